The summed E-state index contributed by atoms with van der Waals surface area (Å²) in [5.74, 6) is 2.37. The molecular formula is C27H27N3O4. The second-order valence-corrected chi connectivity index (χ2v) is 8.56. The van der Waals surface area contributed by atoms with Gasteiger partial charge in [-0.1, -0.05) is 18.2 Å². The Kier molecular flexibility index (Phi) is 5.94. The summed E-state index contributed by atoms with van der Waals surface area (Å²) in [4.78, 5) is 22.2. The Morgan fingerprint density at radius 3 is 2.68 bits per heavy atom. The Morgan fingerprint density at radius 2 is 1.94 bits per heavy atom. The molecule has 34 heavy (non-hydrogen) atoms. The lowest BCUT2D eigenvalue weighted by Crippen LogP contribution is -2.46. The van der Waals surface area contributed by atoms with Crippen LogP contribution in [0.15, 0.2) is 60.5 Å². The highest BCUT2D eigenvalue weighted by Gasteiger charge is 2.34. The zero-order valence-corrected chi connectivity index (χ0v) is 19.3. The van der Waals surface area contributed by atoms with Gasteiger partial charge in [-0.2, -0.15) is 0 Å². The molecule has 1 N–H and O–H groups in total. The predicted octanol–water partition coefficient (Wildman–Crippen LogP) is 4.04. The highest BCUT2D eigenvalue weighted by Crippen LogP contribution is 2.42. The lowest BCUT2D eigenvalue weighted by Gasteiger charge is -2.35. The van der Waals surface area contributed by atoms with Crippen molar-refractivity contribution in [1.82, 2.24) is 9.88 Å². The molecule has 1 aromatic heterocycles. The van der Waals surface area contributed by atoms with Crippen molar-refractivity contribution in [3.63, 3.8) is 0 Å². The number of ketones is 1. The van der Waals surface area contributed by atoms with E-state index in [4.69, 9.17) is 9.47 Å². The van der Waals surface area contributed by atoms with E-state index >= 15 is 0 Å². The number of rotatable bonds is 5. The number of piperazine rings is 1. The van der Waals surface area contributed by atoms with E-state index in [2.05, 4.69) is 14.8 Å². The standard InChI is InChI=1S/C27H27N3O4/c1-18-14-22(31)21(17-29-10-12-30(13-11-29)24-8-3-4-9-28-24)27-25(18)26(32)23(34-27)16-19-6-5-7-20(15-19)33-2/h3-9,14-16,31H,10-13,17H2,1-2H3/b23-16-. The summed E-state index contributed by atoms with van der Waals surface area (Å²) < 4.78 is 11.4. The number of phenolic OH excluding ortho intramolecular Hbond substituents is 1. The Morgan fingerprint density at radius 1 is 1.12 bits per heavy atom. The van der Waals surface area contributed by atoms with E-state index in [0.29, 0.717) is 34.7 Å². The van der Waals surface area contributed by atoms with Crippen LogP contribution in [-0.2, 0) is 6.54 Å². The largest absolute Gasteiger partial charge is 0.507 e. The summed E-state index contributed by atoms with van der Waals surface area (Å²) in [6, 6.07) is 15.0. The lowest BCUT2D eigenvalue weighted by molar-refractivity contribution is 0.101. The molecule has 0 saturated carbocycles. The number of allylic oxidation sites excluding steroid dienone is 1. The number of methoxy groups -OCH3 is 1. The normalized spacial score (nSPS) is 17.1. The van der Waals surface area contributed by atoms with Crippen LogP contribution in [0.2, 0.25) is 0 Å². The summed E-state index contributed by atoms with van der Waals surface area (Å²) >= 11 is 0. The van der Waals surface area contributed by atoms with Crippen molar-refractivity contribution in [2.45, 2.75) is 13.5 Å². The van der Waals surface area contributed by atoms with Crippen molar-refractivity contribution in [1.29, 1.82) is 0 Å². The highest BCUT2D eigenvalue weighted by molar-refractivity contribution is 6.15. The number of Topliss-reactive ketones (excluding diaryl/α,β-unsaturated/α-hetero) is 1. The molecule has 2 aliphatic heterocycles. The fraction of sp³-hybridized carbons (Fsp3) is 0.259. The number of ether oxygens (including phenoxy) is 2. The van der Waals surface area contributed by atoms with Crippen LogP contribution in [0, 0.1) is 6.92 Å². The molecule has 0 atom stereocenters. The maximum Gasteiger partial charge on any atom is 0.232 e. The Labute approximate surface area is 198 Å². The number of aromatic nitrogens is 1. The number of benzene rings is 2. The third kappa shape index (κ3) is 4.22. The number of pyridine rings is 1. The number of aryl methyl sites for hydroxylation is 1. The maximum absolute atomic E-state index is 13.2. The van der Waals surface area contributed by atoms with Gasteiger partial charge in [0, 0.05) is 38.9 Å². The first-order valence-corrected chi connectivity index (χ1v) is 11.4. The quantitative estimate of drug-likeness (QED) is 0.580. The van der Waals surface area contributed by atoms with Gasteiger partial charge in [-0.05, 0) is 54.5 Å². The Balaban J connectivity index is 1.37. The molecule has 0 bridgehead atoms. The van der Waals surface area contributed by atoms with Crippen molar-refractivity contribution >= 4 is 17.7 Å². The minimum absolute atomic E-state index is 0.152. The Hall–Kier alpha value is -3.84. The van der Waals surface area contributed by atoms with Crippen molar-refractivity contribution in [3.05, 3.63) is 82.7 Å². The summed E-state index contributed by atoms with van der Waals surface area (Å²) in [6.45, 7) is 5.64. The zero-order chi connectivity index (χ0) is 23.7. The van der Waals surface area contributed by atoms with Gasteiger partial charge in [0.05, 0.1) is 18.2 Å². The van der Waals surface area contributed by atoms with Gasteiger partial charge in [0.15, 0.2) is 5.76 Å². The molecule has 3 heterocycles. The third-order valence-corrected chi connectivity index (χ3v) is 6.34. The van der Waals surface area contributed by atoms with E-state index in [1.165, 1.54) is 0 Å². The number of hydrogen-bond donors (Lipinski definition) is 1. The van der Waals surface area contributed by atoms with Crippen LogP contribution < -0.4 is 14.4 Å². The molecule has 2 aliphatic rings. The van der Waals surface area contributed by atoms with Crippen LogP contribution in [0.1, 0.15) is 27.0 Å². The second-order valence-electron chi connectivity index (χ2n) is 8.56. The number of phenols is 1. The van der Waals surface area contributed by atoms with Gasteiger partial charge in [0.25, 0.3) is 0 Å². The van der Waals surface area contributed by atoms with E-state index in [1.807, 2.05) is 49.4 Å². The zero-order valence-electron chi connectivity index (χ0n) is 19.3. The molecule has 7 nitrogen and oxygen atoms in total. The summed E-state index contributed by atoms with van der Waals surface area (Å²) in [6.07, 6.45) is 3.52. The van der Waals surface area contributed by atoms with Crippen LogP contribution >= 0.6 is 0 Å². The van der Waals surface area contributed by atoms with Gasteiger partial charge in [-0.25, -0.2) is 4.98 Å². The maximum atomic E-state index is 13.2. The van der Waals surface area contributed by atoms with Crippen LogP contribution in [0.5, 0.6) is 17.2 Å². The third-order valence-electron chi connectivity index (χ3n) is 6.34. The molecule has 0 radical (unpaired) electrons. The number of anilines is 1. The lowest BCUT2D eigenvalue weighted by atomic mass is 9.99. The number of nitrogens with zero attached hydrogens (tertiary/aromatic N) is 3. The predicted molar refractivity (Wildman–Crippen MR) is 131 cm³/mol. The fourth-order valence-electron chi connectivity index (χ4n) is 4.51. The number of fused-ring (bicyclic) bond motifs is 1. The monoisotopic (exact) mass is 457 g/mol. The smallest absolute Gasteiger partial charge is 0.232 e. The first kappa shape index (κ1) is 22.0. The van der Waals surface area contributed by atoms with E-state index in [-0.39, 0.29) is 17.3 Å². The van der Waals surface area contributed by atoms with Gasteiger partial charge in [0.2, 0.25) is 5.78 Å². The first-order valence-electron chi connectivity index (χ1n) is 11.4. The van der Waals surface area contributed by atoms with Gasteiger partial charge in [-0.15, -0.1) is 0 Å². The summed E-state index contributed by atoms with van der Waals surface area (Å²) in [7, 11) is 1.61. The minimum Gasteiger partial charge on any atom is -0.507 e. The SMILES string of the molecule is COc1cccc(/C=C2\Oc3c(CN4CCN(c5ccccn5)CC4)c(O)cc(C)c3C2=O)c1. The van der Waals surface area contributed by atoms with Gasteiger partial charge < -0.3 is 19.5 Å². The van der Waals surface area contributed by atoms with Gasteiger partial charge in [0.1, 0.15) is 23.1 Å². The van der Waals surface area contributed by atoms with Crippen LogP contribution in [0.4, 0.5) is 5.82 Å². The van der Waals surface area contributed by atoms with E-state index in [9.17, 15) is 9.90 Å². The van der Waals surface area contributed by atoms with Gasteiger partial charge >= 0.3 is 0 Å². The van der Waals surface area contributed by atoms with Crippen LogP contribution in [-0.4, -0.2) is 54.1 Å². The molecule has 7 heteroatoms. The van der Waals surface area contributed by atoms with Gasteiger partial charge in [-0.3, -0.25) is 9.69 Å². The van der Waals surface area contributed by atoms with E-state index in [0.717, 1.165) is 37.6 Å². The highest BCUT2D eigenvalue weighted by atomic mass is 16.5. The topological polar surface area (TPSA) is 75.1 Å². The van der Waals surface area contributed by atoms with Crippen molar-refractivity contribution in [2.75, 3.05) is 38.2 Å². The van der Waals surface area contributed by atoms with Crippen LogP contribution in [0.25, 0.3) is 6.08 Å². The molecule has 1 saturated heterocycles. The van der Waals surface area contributed by atoms with Crippen LogP contribution in [0.3, 0.4) is 0 Å². The average Bonchev–Trinajstić information content (AvgIpc) is 3.19. The number of carbonyl (C=O) groups excluding carboxylic acids is 1. The number of aromatic hydroxyl groups is 1. The van der Waals surface area contributed by atoms with E-state index in [1.54, 1.807) is 25.4 Å². The van der Waals surface area contributed by atoms with Crippen molar-refractivity contribution in [3.8, 4) is 17.2 Å². The molecular weight excluding hydrogens is 430 g/mol. The number of hydrogen-bond acceptors (Lipinski definition) is 7. The molecule has 1 fully saturated rings. The fourth-order valence-corrected chi connectivity index (χ4v) is 4.51. The summed E-state index contributed by atoms with van der Waals surface area (Å²) in [5, 5.41) is 10.8. The van der Waals surface area contributed by atoms with E-state index < -0.39 is 0 Å². The minimum atomic E-state index is -0.170. The van der Waals surface area contributed by atoms with Crippen molar-refractivity contribution < 1.29 is 19.4 Å². The molecule has 0 aliphatic carbocycles. The molecule has 0 amide bonds. The molecule has 0 spiro atoms. The Bertz CT molecular complexity index is 1250. The molecule has 174 valence electrons. The second kappa shape index (κ2) is 9.19. The summed E-state index contributed by atoms with van der Waals surface area (Å²) in [5.41, 5.74) is 2.68. The first-order chi connectivity index (χ1) is 16.5. The molecule has 5 rings (SSSR count). The average molecular weight is 458 g/mol. The number of carbonyl (C=O) groups is 1. The molecule has 2 aromatic carbocycles. The molecule has 0 unspecified atom stereocenters. The van der Waals surface area contributed by atoms with Crippen molar-refractivity contribution in [2.24, 2.45) is 0 Å². The molecule has 3 aromatic rings.